The van der Waals surface area contributed by atoms with E-state index in [2.05, 4.69) is 15.9 Å². The van der Waals surface area contributed by atoms with Gasteiger partial charge in [0.15, 0.2) is 5.37 Å². The molecule has 86 valence electrons. The fraction of sp³-hybridized carbons (Fsp3) is 0.364. The van der Waals surface area contributed by atoms with E-state index in [9.17, 15) is 4.79 Å². The lowest BCUT2D eigenvalue weighted by Gasteiger charge is -2.19. The van der Waals surface area contributed by atoms with E-state index in [0.717, 1.165) is 22.3 Å². The molecule has 1 aromatic rings. The van der Waals surface area contributed by atoms with Crippen molar-refractivity contribution in [2.45, 2.75) is 11.9 Å². The monoisotopic (exact) mass is 301 g/mol. The topological polar surface area (TPSA) is 40.5 Å². The minimum atomic E-state index is -0.736. The first-order valence-corrected chi connectivity index (χ1v) is 6.84. The molecular formula is C11H12BrNO2S. The van der Waals surface area contributed by atoms with Crippen LogP contribution in [0.4, 0.5) is 0 Å². The van der Waals surface area contributed by atoms with Crippen molar-refractivity contribution in [1.29, 1.82) is 0 Å². The van der Waals surface area contributed by atoms with E-state index in [1.54, 1.807) is 0 Å². The molecule has 2 rings (SSSR count). The molecule has 0 amide bonds. The number of rotatable bonds is 3. The molecule has 1 N–H and O–H groups in total. The van der Waals surface area contributed by atoms with E-state index < -0.39 is 5.97 Å². The Kier molecular flexibility index (Phi) is 3.89. The fourth-order valence-electron chi connectivity index (χ4n) is 1.72. The number of carbonyl (C=O) groups is 1. The second kappa shape index (κ2) is 5.21. The van der Waals surface area contributed by atoms with Crippen molar-refractivity contribution in [3.8, 4) is 0 Å². The maximum Gasteiger partial charge on any atom is 0.331 e. The number of carboxylic acids is 1. The lowest BCUT2D eigenvalue weighted by molar-refractivity contribution is -0.139. The predicted molar refractivity (Wildman–Crippen MR) is 68.4 cm³/mol. The molecule has 0 bridgehead atoms. The minimum Gasteiger partial charge on any atom is -0.479 e. The number of carboxylic acid groups (broad SMARTS) is 1. The van der Waals surface area contributed by atoms with Crippen molar-refractivity contribution in [2.24, 2.45) is 0 Å². The molecule has 1 aliphatic rings. The highest BCUT2D eigenvalue weighted by Crippen LogP contribution is 2.25. The molecule has 1 unspecified atom stereocenters. The number of thioether (sulfide) groups is 1. The van der Waals surface area contributed by atoms with E-state index in [1.165, 1.54) is 11.8 Å². The Balaban J connectivity index is 2.03. The van der Waals surface area contributed by atoms with Crippen molar-refractivity contribution < 1.29 is 9.90 Å². The molecule has 0 radical (unpaired) electrons. The highest BCUT2D eigenvalue weighted by Gasteiger charge is 2.30. The normalized spacial score (nSPS) is 21.2. The van der Waals surface area contributed by atoms with Gasteiger partial charge in [0.05, 0.1) is 0 Å². The number of aliphatic carboxylic acids is 1. The molecule has 1 saturated heterocycles. The molecule has 0 saturated carbocycles. The molecule has 1 aliphatic heterocycles. The van der Waals surface area contributed by atoms with Gasteiger partial charge in [-0.15, -0.1) is 11.8 Å². The van der Waals surface area contributed by atoms with Gasteiger partial charge in [0.1, 0.15) is 0 Å². The number of benzene rings is 1. The summed E-state index contributed by atoms with van der Waals surface area (Å²) in [5, 5.41) is 8.65. The number of hydrogen-bond donors (Lipinski definition) is 1. The van der Waals surface area contributed by atoms with Crippen LogP contribution in [0.2, 0.25) is 0 Å². The van der Waals surface area contributed by atoms with E-state index >= 15 is 0 Å². The first-order chi connectivity index (χ1) is 7.66. The van der Waals surface area contributed by atoms with Gasteiger partial charge in [-0.25, -0.2) is 4.79 Å². The molecule has 0 spiro atoms. The molecule has 1 fully saturated rings. The molecule has 0 aromatic heterocycles. The molecule has 1 aromatic carbocycles. The zero-order valence-corrected chi connectivity index (χ0v) is 11.0. The maximum atomic E-state index is 11.0. The SMILES string of the molecule is O=C(O)C1SCCN1Cc1ccc(Br)cc1. The summed E-state index contributed by atoms with van der Waals surface area (Å²) in [5.74, 6) is 0.160. The van der Waals surface area contributed by atoms with Crippen molar-refractivity contribution >= 4 is 33.7 Å². The van der Waals surface area contributed by atoms with E-state index in [0.29, 0.717) is 6.54 Å². The van der Waals surface area contributed by atoms with Crippen LogP contribution >= 0.6 is 27.7 Å². The van der Waals surface area contributed by atoms with Crippen LogP contribution < -0.4 is 0 Å². The zero-order chi connectivity index (χ0) is 11.5. The van der Waals surface area contributed by atoms with Crippen LogP contribution in [0.1, 0.15) is 5.56 Å². The van der Waals surface area contributed by atoms with Crippen LogP contribution in [0.25, 0.3) is 0 Å². The smallest absolute Gasteiger partial charge is 0.331 e. The number of hydrogen-bond acceptors (Lipinski definition) is 3. The highest BCUT2D eigenvalue weighted by molar-refractivity contribution is 9.10. The van der Waals surface area contributed by atoms with Gasteiger partial charge in [0.2, 0.25) is 0 Å². The van der Waals surface area contributed by atoms with Gasteiger partial charge in [-0.05, 0) is 17.7 Å². The minimum absolute atomic E-state index is 0.386. The van der Waals surface area contributed by atoms with Crippen LogP contribution in [0.3, 0.4) is 0 Å². The summed E-state index contributed by atoms with van der Waals surface area (Å²) >= 11 is 4.88. The standard InChI is InChI=1S/C11H12BrNO2S/c12-9-3-1-8(2-4-9)7-13-5-6-16-10(13)11(14)15/h1-4,10H,5-7H2,(H,14,15). The van der Waals surface area contributed by atoms with Crippen LogP contribution in [0, 0.1) is 0 Å². The highest BCUT2D eigenvalue weighted by atomic mass is 79.9. The van der Waals surface area contributed by atoms with Crippen LogP contribution in [-0.4, -0.2) is 33.6 Å². The summed E-state index contributed by atoms with van der Waals surface area (Å²) in [4.78, 5) is 13.0. The Morgan fingerprint density at radius 3 is 2.81 bits per heavy atom. The summed E-state index contributed by atoms with van der Waals surface area (Å²) in [6.07, 6.45) is 0. The van der Waals surface area contributed by atoms with Crippen molar-refractivity contribution in [3.05, 3.63) is 34.3 Å². The summed E-state index contributed by atoms with van der Waals surface area (Å²) in [6.45, 7) is 1.55. The quantitative estimate of drug-likeness (QED) is 0.931. The lowest BCUT2D eigenvalue weighted by atomic mass is 10.2. The second-order valence-electron chi connectivity index (χ2n) is 3.66. The largest absolute Gasteiger partial charge is 0.479 e. The third-order valence-corrected chi connectivity index (χ3v) is 4.26. The summed E-state index contributed by atoms with van der Waals surface area (Å²) in [7, 11) is 0. The molecule has 16 heavy (non-hydrogen) atoms. The Bertz CT molecular complexity index is 382. The first-order valence-electron chi connectivity index (χ1n) is 5.00. The van der Waals surface area contributed by atoms with Gasteiger partial charge in [-0.1, -0.05) is 28.1 Å². The van der Waals surface area contributed by atoms with Gasteiger partial charge in [0, 0.05) is 23.3 Å². The third-order valence-electron chi connectivity index (χ3n) is 2.50. The Labute approximate surface area is 107 Å². The van der Waals surface area contributed by atoms with Crippen LogP contribution in [-0.2, 0) is 11.3 Å². The summed E-state index contributed by atoms with van der Waals surface area (Å²) in [6, 6.07) is 8.00. The van der Waals surface area contributed by atoms with Crippen LogP contribution in [0.15, 0.2) is 28.7 Å². The van der Waals surface area contributed by atoms with Gasteiger partial charge < -0.3 is 5.11 Å². The van der Waals surface area contributed by atoms with Gasteiger partial charge in [-0.2, -0.15) is 0 Å². The van der Waals surface area contributed by atoms with Crippen molar-refractivity contribution in [1.82, 2.24) is 4.90 Å². The van der Waals surface area contributed by atoms with Gasteiger partial charge >= 0.3 is 5.97 Å². The Morgan fingerprint density at radius 2 is 2.19 bits per heavy atom. The maximum absolute atomic E-state index is 11.0. The molecule has 1 atom stereocenters. The fourth-order valence-corrected chi connectivity index (χ4v) is 3.08. The van der Waals surface area contributed by atoms with Crippen molar-refractivity contribution in [2.75, 3.05) is 12.3 Å². The Morgan fingerprint density at radius 1 is 1.50 bits per heavy atom. The molecular weight excluding hydrogens is 290 g/mol. The van der Waals surface area contributed by atoms with E-state index in [4.69, 9.17) is 5.11 Å². The second-order valence-corrected chi connectivity index (χ2v) is 5.76. The van der Waals surface area contributed by atoms with Gasteiger partial charge in [-0.3, -0.25) is 4.90 Å². The average molecular weight is 302 g/mol. The molecule has 3 nitrogen and oxygen atoms in total. The Hall–Kier alpha value is -0.520. The average Bonchev–Trinajstić information content (AvgIpc) is 2.69. The van der Waals surface area contributed by atoms with Crippen molar-refractivity contribution in [3.63, 3.8) is 0 Å². The molecule has 0 aliphatic carbocycles. The third kappa shape index (κ3) is 2.78. The molecule has 1 heterocycles. The predicted octanol–water partition coefficient (Wildman–Crippen LogP) is 2.41. The summed E-state index contributed by atoms with van der Waals surface area (Å²) in [5.41, 5.74) is 1.15. The number of halogens is 1. The number of nitrogens with zero attached hydrogens (tertiary/aromatic N) is 1. The van der Waals surface area contributed by atoms with Crippen LogP contribution in [0.5, 0.6) is 0 Å². The lowest BCUT2D eigenvalue weighted by Crippen LogP contribution is -2.33. The van der Waals surface area contributed by atoms with Gasteiger partial charge in [0.25, 0.3) is 0 Å². The zero-order valence-electron chi connectivity index (χ0n) is 8.60. The first kappa shape index (κ1) is 12.0. The van der Waals surface area contributed by atoms with E-state index in [1.807, 2.05) is 29.2 Å². The summed E-state index contributed by atoms with van der Waals surface area (Å²) < 4.78 is 1.04. The molecule has 5 heteroatoms. The van der Waals surface area contributed by atoms with E-state index in [-0.39, 0.29) is 5.37 Å².